The van der Waals surface area contributed by atoms with Gasteiger partial charge in [-0.25, -0.2) is 0 Å². The van der Waals surface area contributed by atoms with Crippen molar-refractivity contribution in [3.8, 4) is 40.7 Å². The number of fused-ring (bicyclic) bond motifs is 6. The highest BCUT2D eigenvalue weighted by atomic mass is 19.4. The van der Waals surface area contributed by atoms with E-state index in [-0.39, 0.29) is 39.7 Å². The second-order valence-corrected chi connectivity index (χ2v) is 12.2. The molecule has 0 saturated carbocycles. The lowest BCUT2D eigenvalue weighted by Gasteiger charge is -2.22. The molecule has 2 aromatic heterocycles. The summed E-state index contributed by atoms with van der Waals surface area (Å²) in [5.74, 6) is 0. The van der Waals surface area contributed by atoms with Crippen molar-refractivity contribution in [2.75, 3.05) is 0 Å². The summed E-state index contributed by atoms with van der Waals surface area (Å²) in [6.07, 6.45) is -10.3. The minimum absolute atomic E-state index is 0.0503. The van der Waals surface area contributed by atoms with E-state index in [9.17, 15) is 42.1 Å². The van der Waals surface area contributed by atoms with E-state index in [0.717, 1.165) is 0 Å². The van der Waals surface area contributed by atoms with Crippen LogP contribution in [0, 0.1) is 34.0 Å². The van der Waals surface area contributed by atoms with E-state index in [4.69, 9.17) is 0 Å². The molecular formula is C41H19F6N5. The number of aromatic nitrogens is 2. The van der Waals surface area contributed by atoms with Crippen LogP contribution in [0.5, 0.6) is 0 Å². The molecule has 250 valence electrons. The molecule has 0 bridgehead atoms. The van der Waals surface area contributed by atoms with Gasteiger partial charge in [0.2, 0.25) is 0 Å². The van der Waals surface area contributed by atoms with Gasteiger partial charge in [-0.05, 0) is 72.3 Å². The van der Waals surface area contributed by atoms with Gasteiger partial charge >= 0.3 is 12.4 Å². The average Bonchev–Trinajstić information content (AvgIpc) is 3.65. The third kappa shape index (κ3) is 5.01. The first kappa shape index (κ1) is 32.2. The summed E-state index contributed by atoms with van der Waals surface area (Å²) in [7, 11) is 0. The zero-order valence-electron chi connectivity index (χ0n) is 26.5. The smallest absolute Gasteiger partial charge is 0.308 e. The van der Waals surface area contributed by atoms with Crippen molar-refractivity contribution in [1.29, 1.82) is 15.8 Å². The zero-order valence-corrected chi connectivity index (χ0v) is 26.5. The highest BCUT2D eigenvalue weighted by Gasteiger charge is 2.38. The fourth-order valence-corrected chi connectivity index (χ4v) is 7.02. The molecule has 0 N–H and O–H groups in total. The molecule has 0 aliphatic carbocycles. The molecule has 11 heteroatoms. The van der Waals surface area contributed by atoms with Crippen LogP contribution in [0.2, 0.25) is 0 Å². The Morgan fingerprint density at radius 3 is 1.23 bits per heavy atom. The van der Waals surface area contributed by atoms with Crippen LogP contribution in [-0.2, 0) is 12.4 Å². The SMILES string of the molecule is N#Cc1cc(-n2c3ccccc3c3ccc(C#N)cc32)c(-c2cc(C(F)(F)F)cc(C(F)(F)F)c2)c(-n2c3ccccc3c3ccc(C#N)cc32)c1. The topological polar surface area (TPSA) is 81.2 Å². The maximum absolute atomic E-state index is 14.4. The first-order valence-corrected chi connectivity index (χ1v) is 15.7. The molecule has 8 aromatic rings. The summed E-state index contributed by atoms with van der Waals surface area (Å²) >= 11 is 0. The number of hydrogen-bond donors (Lipinski definition) is 0. The predicted molar refractivity (Wildman–Crippen MR) is 185 cm³/mol. The van der Waals surface area contributed by atoms with Crippen LogP contribution in [0.15, 0.2) is 115 Å². The number of halogens is 6. The summed E-state index contributed by atoms with van der Waals surface area (Å²) in [6, 6.07) is 34.6. The van der Waals surface area contributed by atoms with Crippen molar-refractivity contribution >= 4 is 43.6 Å². The molecule has 2 heterocycles. The first-order valence-electron chi connectivity index (χ1n) is 15.7. The zero-order chi connectivity index (χ0) is 36.5. The Morgan fingerprint density at radius 1 is 0.423 bits per heavy atom. The van der Waals surface area contributed by atoms with E-state index < -0.39 is 29.0 Å². The van der Waals surface area contributed by atoms with Gasteiger partial charge in [0.25, 0.3) is 0 Å². The van der Waals surface area contributed by atoms with Gasteiger partial charge in [-0.1, -0.05) is 48.5 Å². The average molecular weight is 696 g/mol. The van der Waals surface area contributed by atoms with E-state index in [1.54, 1.807) is 81.9 Å². The largest absolute Gasteiger partial charge is 0.416 e. The molecule has 0 spiro atoms. The Labute approximate surface area is 290 Å². The van der Waals surface area contributed by atoms with E-state index in [0.29, 0.717) is 55.7 Å². The van der Waals surface area contributed by atoms with Crippen molar-refractivity contribution in [1.82, 2.24) is 9.13 Å². The molecule has 0 aliphatic rings. The lowest BCUT2D eigenvalue weighted by molar-refractivity contribution is -0.143. The van der Waals surface area contributed by atoms with Gasteiger partial charge < -0.3 is 9.13 Å². The molecule has 8 rings (SSSR count). The van der Waals surface area contributed by atoms with Crippen molar-refractivity contribution in [2.24, 2.45) is 0 Å². The normalized spacial score (nSPS) is 12.0. The molecule has 0 fully saturated rings. The second-order valence-electron chi connectivity index (χ2n) is 12.2. The number of nitriles is 3. The van der Waals surface area contributed by atoms with Crippen LogP contribution in [0.4, 0.5) is 26.3 Å². The predicted octanol–water partition coefficient (Wildman–Crippen LogP) is 11.2. The Morgan fingerprint density at radius 2 is 0.827 bits per heavy atom. The number of rotatable bonds is 3. The number of hydrogen-bond acceptors (Lipinski definition) is 3. The third-order valence-corrected chi connectivity index (χ3v) is 9.19. The molecule has 5 nitrogen and oxygen atoms in total. The highest BCUT2D eigenvalue weighted by molar-refractivity contribution is 6.12. The van der Waals surface area contributed by atoms with Crippen LogP contribution < -0.4 is 0 Å². The van der Waals surface area contributed by atoms with Gasteiger partial charge in [0.15, 0.2) is 0 Å². The van der Waals surface area contributed by atoms with Crippen LogP contribution in [-0.4, -0.2) is 9.13 Å². The second kappa shape index (κ2) is 11.5. The molecule has 6 aromatic carbocycles. The molecule has 0 saturated heterocycles. The maximum Gasteiger partial charge on any atom is 0.416 e. The molecule has 0 atom stereocenters. The van der Waals surface area contributed by atoms with Crippen LogP contribution in [0.1, 0.15) is 27.8 Å². The molecule has 0 amide bonds. The standard InChI is InChI=1S/C41H19F6N5/c42-40(43,44)27-17-26(18-28(19-27)41(45,46)47)39-37(51-33-7-3-1-5-29(33)31-11-9-23(20-48)13-35(31)51)15-25(22-50)16-38(39)52-34-8-4-2-6-30(34)32-12-10-24(21-49)14-36(32)52/h1-19H. The van der Waals surface area contributed by atoms with Gasteiger partial charge in [-0.3, -0.25) is 0 Å². The summed E-state index contributed by atoms with van der Waals surface area (Å²) in [5, 5.41) is 32.8. The quantitative estimate of drug-likeness (QED) is 0.173. The molecule has 0 radical (unpaired) electrons. The fourth-order valence-electron chi connectivity index (χ4n) is 7.02. The van der Waals surface area contributed by atoms with Gasteiger partial charge in [-0.15, -0.1) is 0 Å². The van der Waals surface area contributed by atoms with E-state index >= 15 is 0 Å². The fraction of sp³-hybridized carbons (Fsp3) is 0.0488. The lowest BCUT2D eigenvalue weighted by Crippen LogP contribution is -2.12. The summed E-state index contributed by atoms with van der Waals surface area (Å²) in [5.41, 5.74) is -0.746. The Kier molecular flexibility index (Phi) is 7.13. The van der Waals surface area contributed by atoms with E-state index in [2.05, 4.69) is 18.2 Å². The first-order chi connectivity index (χ1) is 24.9. The number of nitrogens with zero attached hydrogens (tertiary/aromatic N) is 5. The molecule has 52 heavy (non-hydrogen) atoms. The summed E-state index contributed by atoms with van der Waals surface area (Å²) < 4.78 is 89.9. The van der Waals surface area contributed by atoms with E-state index in [1.165, 1.54) is 12.1 Å². The summed E-state index contributed by atoms with van der Waals surface area (Å²) in [6.45, 7) is 0. The Bertz CT molecular complexity index is 2740. The third-order valence-electron chi connectivity index (χ3n) is 9.19. The van der Waals surface area contributed by atoms with Crippen molar-refractivity contribution in [3.05, 3.63) is 143 Å². The van der Waals surface area contributed by atoms with Crippen LogP contribution in [0.3, 0.4) is 0 Å². The van der Waals surface area contributed by atoms with E-state index in [1.807, 2.05) is 12.1 Å². The molecule has 0 unspecified atom stereocenters. The van der Waals surface area contributed by atoms with Gasteiger partial charge in [0.1, 0.15) is 0 Å². The van der Waals surface area contributed by atoms with Crippen molar-refractivity contribution in [3.63, 3.8) is 0 Å². The van der Waals surface area contributed by atoms with Gasteiger partial charge in [-0.2, -0.15) is 42.1 Å². The summed E-state index contributed by atoms with van der Waals surface area (Å²) in [4.78, 5) is 0. The number of benzene rings is 6. The van der Waals surface area contributed by atoms with Crippen LogP contribution in [0.25, 0.3) is 66.1 Å². The molecular weight excluding hydrogens is 676 g/mol. The van der Waals surface area contributed by atoms with Gasteiger partial charge in [0.05, 0.1) is 79.5 Å². The molecule has 0 aliphatic heterocycles. The lowest BCUT2D eigenvalue weighted by atomic mass is 9.94. The number of alkyl halides is 6. The minimum Gasteiger partial charge on any atom is -0.308 e. The van der Waals surface area contributed by atoms with Crippen molar-refractivity contribution < 1.29 is 26.3 Å². The Balaban J connectivity index is 1.65. The van der Waals surface area contributed by atoms with Gasteiger partial charge in [0, 0.05) is 27.1 Å². The monoisotopic (exact) mass is 695 g/mol. The Hall–Kier alpha value is -7.03. The highest BCUT2D eigenvalue weighted by Crippen LogP contribution is 2.46. The van der Waals surface area contributed by atoms with Crippen molar-refractivity contribution in [2.45, 2.75) is 12.4 Å². The minimum atomic E-state index is -5.15. The number of para-hydroxylation sites is 2. The van der Waals surface area contributed by atoms with Crippen LogP contribution >= 0.6 is 0 Å². The maximum atomic E-state index is 14.4.